The quantitative estimate of drug-likeness (QED) is 0.663. The van der Waals surface area contributed by atoms with Gasteiger partial charge in [0.1, 0.15) is 5.25 Å². The van der Waals surface area contributed by atoms with E-state index in [0.717, 1.165) is 27.5 Å². The molecule has 1 unspecified atom stereocenters. The van der Waals surface area contributed by atoms with Crippen LogP contribution in [0, 0.1) is 6.92 Å². The molecule has 8 nitrogen and oxygen atoms in total. The number of aryl methyl sites for hydroxylation is 2. The maximum Gasteiger partial charge on any atom is 0.332 e. The van der Waals surface area contributed by atoms with Crippen LogP contribution in [-0.4, -0.2) is 35.0 Å². The van der Waals surface area contributed by atoms with E-state index in [1.807, 2.05) is 31.2 Å². The number of aliphatic carboxylic acids is 1. The number of carboxylic acids is 1. The van der Waals surface area contributed by atoms with Crippen LogP contribution in [0.2, 0.25) is 0 Å². The number of imidazole rings is 1. The summed E-state index contributed by atoms with van der Waals surface area (Å²) in [7, 11) is 2.96. The van der Waals surface area contributed by atoms with Crippen molar-refractivity contribution in [2.24, 2.45) is 14.1 Å². The highest BCUT2D eigenvalue weighted by molar-refractivity contribution is 8.00. The second-order valence-electron chi connectivity index (χ2n) is 6.44. The second kappa shape index (κ2) is 7.07. The lowest BCUT2D eigenvalue weighted by Gasteiger charge is -2.11. The average Bonchev–Trinajstić information content (AvgIpc) is 2.98. The number of thioether (sulfide) groups is 1. The average molecular weight is 388 g/mol. The first-order valence-electron chi connectivity index (χ1n) is 8.32. The van der Waals surface area contributed by atoms with Gasteiger partial charge in [-0.05, 0) is 19.4 Å². The highest BCUT2D eigenvalue weighted by Crippen LogP contribution is 2.26. The molecular formula is C18H20N4O4S. The number of fused-ring (bicyclic) bond motifs is 1. The minimum Gasteiger partial charge on any atom is -0.480 e. The van der Waals surface area contributed by atoms with Crippen molar-refractivity contribution in [1.82, 2.24) is 18.7 Å². The largest absolute Gasteiger partial charge is 0.480 e. The molecule has 0 aliphatic carbocycles. The molecule has 0 bridgehead atoms. The monoisotopic (exact) mass is 388 g/mol. The molecule has 1 N–H and O–H groups in total. The van der Waals surface area contributed by atoms with Crippen molar-refractivity contribution in [1.29, 1.82) is 0 Å². The van der Waals surface area contributed by atoms with Crippen LogP contribution in [0.4, 0.5) is 0 Å². The molecule has 1 atom stereocenters. The van der Waals surface area contributed by atoms with Gasteiger partial charge >= 0.3 is 11.7 Å². The lowest BCUT2D eigenvalue weighted by Crippen LogP contribution is -2.37. The number of rotatable bonds is 5. The zero-order valence-electron chi connectivity index (χ0n) is 15.5. The standard InChI is InChI=1S/C18H20N4O4S/c1-10-5-7-12(8-6-10)9-22-13-14(19-17(22)27-11(2)16(24)25)20(3)18(26)21(4)15(13)23/h5-8,11H,9H2,1-4H3,(H,24,25). The molecular weight excluding hydrogens is 368 g/mol. The van der Waals surface area contributed by atoms with Crippen LogP contribution in [-0.2, 0) is 25.4 Å². The van der Waals surface area contributed by atoms with Gasteiger partial charge in [0.2, 0.25) is 0 Å². The maximum absolute atomic E-state index is 12.8. The van der Waals surface area contributed by atoms with E-state index in [1.54, 1.807) is 18.5 Å². The first-order valence-corrected chi connectivity index (χ1v) is 9.20. The van der Waals surface area contributed by atoms with Crippen molar-refractivity contribution in [2.45, 2.75) is 30.8 Å². The van der Waals surface area contributed by atoms with Gasteiger partial charge in [0, 0.05) is 14.1 Å². The maximum atomic E-state index is 12.8. The summed E-state index contributed by atoms with van der Waals surface area (Å²) in [5.41, 5.74) is 1.65. The fourth-order valence-electron chi connectivity index (χ4n) is 2.75. The molecule has 0 saturated carbocycles. The summed E-state index contributed by atoms with van der Waals surface area (Å²) in [6, 6.07) is 7.83. The van der Waals surface area contributed by atoms with Crippen LogP contribution < -0.4 is 11.2 Å². The molecule has 1 aromatic carbocycles. The molecule has 27 heavy (non-hydrogen) atoms. The van der Waals surface area contributed by atoms with Crippen LogP contribution in [0.5, 0.6) is 0 Å². The van der Waals surface area contributed by atoms with E-state index < -0.39 is 22.5 Å². The van der Waals surface area contributed by atoms with Crippen molar-refractivity contribution >= 4 is 28.9 Å². The Morgan fingerprint density at radius 2 is 1.81 bits per heavy atom. The van der Waals surface area contributed by atoms with Crippen molar-refractivity contribution in [2.75, 3.05) is 0 Å². The molecule has 0 aliphatic heterocycles. The Labute approximate surface area is 159 Å². The minimum atomic E-state index is -0.976. The lowest BCUT2D eigenvalue weighted by molar-refractivity contribution is -0.136. The SMILES string of the molecule is Cc1ccc(Cn2c(SC(C)C(=O)O)nc3c2c(=O)n(C)c(=O)n3C)cc1. The van der Waals surface area contributed by atoms with E-state index in [9.17, 15) is 19.5 Å². The molecule has 0 saturated heterocycles. The van der Waals surface area contributed by atoms with E-state index in [1.165, 1.54) is 11.6 Å². The Morgan fingerprint density at radius 3 is 2.41 bits per heavy atom. The molecule has 0 fully saturated rings. The fraction of sp³-hybridized carbons (Fsp3) is 0.333. The molecule has 2 aromatic heterocycles. The minimum absolute atomic E-state index is 0.246. The summed E-state index contributed by atoms with van der Waals surface area (Å²) < 4.78 is 4.02. The number of hydrogen-bond acceptors (Lipinski definition) is 5. The molecule has 142 valence electrons. The van der Waals surface area contributed by atoms with Crippen LogP contribution in [0.3, 0.4) is 0 Å². The highest BCUT2D eigenvalue weighted by atomic mass is 32.2. The van der Waals surface area contributed by atoms with E-state index in [2.05, 4.69) is 4.98 Å². The van der Waals surface area contributed by atoms with Gasteiger partial charge in [-0.15, -0.1) is 0 Å². The van der Waals surface area contributed by atoms with Crippen LogP contribution >= 0.6 is 11.8 Å². The Balaban J connectivity index is 2.26. The van der Waals surface area contributed by atoms with Gasteiger partial charge in [-0.2, -0.15) is 0 Å². The summed E-state index contributed by atoms with van der Waals surface area (Å²) in [6.07, 6.45) is 0. The fourth-order valence-corrected chi connectivity index (χ4v) is 3.59. The van der Waals surface area contributed by atoms with E-state index in [4.69, 9.17) is 0 Å². The molecule has 2 heterocycles. The van der Waals surface area contributed by atoms with Gasteiger partial charge in [0.25, 0.3) is 5.56 Å². The second-order valence-corrected chi connectivity index (χ2v) is 7.75. The van der Waals surface area contributed by atoms with E-state index in [-0.39, 0.29) is 11.2 Å². The van der Waals surface area contributed by atoms with Crippen LogP contribution in [0.25, 0.3) is 11.2 Å². The predicted octanol–water partition coefficient (Wildman–Crippen LogP) is 1.36. The first kappa shape index (κ1) is 19.0. The Morgan fingerprint density at radius 1 is 1.19 bits per heavy atom. The van der Waals surface area contributed by atoms with Crippen molar-refractivity contribution < 1.29 is 9.90 Å². The summed E-state index contributed by atoms with van der Waals surface area (Å²) in [5, 5.41) is 8.89. The zero-order chi connectivity index (χ0) is 19.9. The number of nitrogens with zero attached hydrogens (tertiary/aromatic N) is 4. The smallest absolute Gasteiger partial charge is 0.332 e. The lowest BCUT2D eigenvalue weighted by atomic mass is 10.1. The molecule has 9 heteroatoms. The number of carbonyl (C=O) groups is 1. The topological polar surface area (TPSA) is 99.1 Å². The van der Waals surface area contributed by atoms with Gasteiger partial charge < -0.3 is 9.67 Å². The van der Waals surface area contributed by atoms with Crippen molar-refractivity contribution in [3.8, 4) is 0 Å². The van der Waals surface area contributed by atoms with Gasteiger partial charge in [0.15, 0.2) is 16.3 Å². The van der Waals surface area contributed by atoms with Gasteiger partial charge in [0.05, 0.1) is 6.54 Å². The molecule has 0 amide bonds. The number of hydrogen-bond donors (Lipinski definition) is 1. The third kappa shape index (κ3) is 3.42. The number of aromatic nitrogens is 4. The van der Waals surface area contributed by atoms with Crippen LogP contribution in [0.15, 0.2) is 39.0 Å². The summed E-state index contributed by atoms with van der Waals surface area (Å²) in [4.78, 5) is 40.7. The summed E-state index contributed by atoms with van der Waals surface area (Å²) in [6.45, 7) is 3.89. The molecule has 3 aromatic rings. The van der Waals surface area contributed by atoms with Gasteiger partial charge in [-0.25, -0.2) is 9.78 Å². The molecule has 0 radical (unpaired) electrons. The molecule has 3 rings (SSSR count). The van der Waals surface area contributed by atoms with Crippen LogP contribution in [0.1, 0.15) is 18.1 Å². The third-order valence-electron chi connectivity index (χ3n) is 4.40. The third-order valence-corrected chi connectivity index (χ3v) is 5.48. The predicted molar refractivity (Wildman–Crippen MR) is 103 cm³/mol. The number of carboxylic acid groups (broad SMARTS) is 1. The first-order chi connectivity index (χ1) is 12.7. The van der Waals surface area contributed by atoms with Gasteiger partial charge in [-0.1, -0.05) is 41.6 Å². The van der Waals surface area contributed by atoms with Crippen molar-refractivity contribution in [3.63, 3.8) is 0 Å². The van der Waals surface area contributed by atoms with Gasteiger partial charge in [-0.3, -0.25) is 18.7 Å². The highest BCUT2D eigenvalue weighted by Gasteiger charge is 2.23. The molecule has 0 aliphatic rings. The number of benzene rings is 1. The van der Waals surface area contributed by atoms with Crippen molar-refractivity contribution in [3.05, 3.63) is 56.2 Å². The molecule has 0 spiro atoms. The summed E-state index contributed by atoms with van der Waals surface area (Å²) >= 11 is 1.04. The Kier molecular flexibility index (Phi) is 4.97. The normalized spacial score (nSPS) is 12.4. The summed E-state index contributed by atoms with van der Waals surface area (Å²) in [5.74, 6) is -0.976. The Hall–Kier alpha value is -2.81. The van der Waals surface area contributed by atoms with E-state index >= 15 is 0 Å². The Bertz CT molecular complexity index is 1140. The zero-order valence-corrected chi connectivity index (χ0v) is 16.3. The van der Waals surface area contributed by atoms with E-state index in [0.29, 0.717) is 11.7 Å².